The van der Waals surface area contributed by atoms with E-state index in [9.17, 15) is 14.9 Å². The zero-order valence-electron chi connectivity index (χ0n) is 16.5. The number of methoxy groups -OCH3 is 1. The molecule has 1 aromatic heterocycles. The van der Waals surface area contributed by atoms with Gasteiger partial charge in [0, 0.05) is 17.1 Å². The van der Waals surface area contributed by atoms with Gasteiger partial charge in [-0.3, -0.25) is 4.79 Å². The van der Waals surface area contributed by atoms with Gasteiger partial charge in [0.1, 0.15) is 17.4 Å². The molecule has 7 nitrogen and oxygen atoms in total. The highest BCUT2D eigenvalue weighted by Gasteiger charge is 2.16. The van der Waals surface area contributed by atoms with E-state index in [1.165, 1.54) is 6.08 Å². The van der Waals surface area contributed by atoms with E-state index in [4.69, 9.17) is 15.9 Å². The van der Waals surface area contributed by atoms with Crippen LogP contribution in [0.4, 0.5) is 0 Å². The lowest BCUT2D eigenvalue weighted by molar-refractivity contribution is -0.144. The molecule has 29 heavy (non-hydrogen) atoms. The number of nitrogens with one attached hydrogen (secondary N) is 1. The number of terminal acetylenes is 1. The van der Waals surface area contributed by atoms with Crippen molar-refractivity contribution in [3.63, 3.8) is 0 Å². The number of hydrogen-bond acceptors (Lipinski definition) is 5. The number of benzene rings is 1. The number of hydrogen-bond donors (Lipinski definition) is 1. The summed E-state index contributed by atoms with van der Waals surface area (Å²) in [4.78, 5) is 23.6. The zero-order chi connectivity index (χ0) is 21.4. The summed E-state index contributed by atoms with van der Waals surface area (Å²) >= 11 is 0. The zero-order valence-corrected chi connectivity index (χ0v) is 16.5. The Balaban J connectivity index is 2.23. The number of carbonyl (C=O) groups is 2. The molecule has 0 aliphatic heterocycles. The largest absolute Gasteiger partial charge is 0.497 e. The minimum Gasteiger partial charge on any atom is -0.497 e. The maximum atomic E-state index is 12.1. The Hall–Kier alpha value is -3.97. The fourth-order valence-corrected chi connectivity index (χ4v) is 2.76. The van der Waals surface area contributed by atoms with Crippen LogP contribution >= 0.6 is 0 Å². The molecule has 0 spiro atoms. The summed E-state index contributed by atoms with van der Waals surface area (Å²) in [7, 11) is 1.60. The van der Waals surface area contributed by atoms with Gasteiger partial charge >= 0.3 is 5.97 Å². The lowest BCUT2D eigenvalue weighted by Gasteiger charge is -2.10. The molecule has 1 heterocycles. The SMILES string of the molecule is C#CCNC(=O)COC(=O)/C(C#N)=C/c1cc(C)n(-c2ccc(OC)cc2)c1C. The lowest BCUT2D eigenvalue weighted by Crippen LogP contribution is -2.29. The van der Waals surface area contributed by atoms with Gasteiger partial charge in [-0.2, -0.15) is 5.26 Å². The van der Waals surface area contributed by atoms with E-state index in [2.05, 4.69) is 11.2 Å². The second kappa shape index (κ2) is 9.82. The van der Waals surface area contributed by atoms with Gasteiger partial charge in [-0.25, -0.2) is 4.79 Å². The summed E-state index contributed by atoms with van der Waals surface area (Å²) in [6, 6.07) is 11.2. The first-order valence-corrected chi connectivity index (χ1v) is 8.73. The van der Waals surface area contributed by atoms with Gasteiger partial charge in [0.25, 0.3) is 5.91 Å². The van der Waals surface area contributed by atoms with Crippen LogP contribution in [0.25, 0.3) is 11.8 Å². The van der Waals surface area contributed by atoms with E-state index in [0.29, 0.717) is 5.56 Å². The highest BCUT2D eigenvalue weighted by Crippen LogP contribution is 2.24. The molecule has 0 bridgehead atoms. The Bertz CT molecular complexity index is 1020. The van der Waals surface area contributed by atoms with Crippen LogP contribution in [0.15, 0.2) is 35.9 Å². The molecular formula is C22H21N3O4. The Morgan fingerprint density at radius 2 is 1.97 bits per heavy atom. The Morgan fingerprint density at radius 1 is 1.28 bits per heavy atom. The lowest BCUT2D eigenvalue weighted by atomic mass is 10.1. The summed E-state index contributed by atoms with van der Waals surface area (Å²) < 4.78 is 12.1. The highest BCUT2D eigenvalue weighted by atomic mass is 16.5. The molecule has 7 heteroatoms. The van der Waals surface area contributed by atoms with Crippen molar-refractivity contribution in [2.75, 3.05) is 20.3 Å². The van der Waals surface area contributed by atoms with Crippen LogP contribution in [0.1, 0.15) is 17.0 Å². The molecule has 0 saturated carbocycles. The standard InChI is InChI=1S/C22H21N3O4/c1-5-10-24-21(26)14-29-22(27)18(13-23)12-17-11-15(2)25(16(17)3)19-6-8-20(28-4)9-7-19/h1,6-9,11-12H,10,14H2,2-4H3,(H,24,26)/b18-12+. The Kier molecular flexibility index (Phi) is 7.22. The minimum absolute atomic E-state index is 0.0364. The first-order chi connectivity index (χ1) is 13.9. The molecule has 0 fully saturated rings. The topological polar surface area (TPSA) is 93.4 Å². The fraction of sp³-hybridized carbons (Fsp3) is 0.227. The summed E-state index contributed by atoms with van der Waals surface area (Å²) in [5.41, 5.74) is 3.19. The number of rotatable bonds is 7. The highest BCUT2D eigenvalue weighted by molar-refractivity contribution is 5.99. The smallest absolute Gasteiger partial charge is 0.349 e. The predicted molar refractivity (Wildman–Crippen MR) is 108 cm³/mol. The average molecular weight is 391 g/mol. The van der Waals surface area contributed by atoms with E-state index < -0.39 is 18.5 Å². The van der Waals surface area contributed by atoms with Crippen molar-refractivity contribution in [1.82, 2.24) is 9.88 Å². The number of aromatic nitrogens is 1. The van der Waals surface area contributed by atoms with E-state index >= 15 is 0 Å². The number of amides is 1. The van der Waals surface area contributed by atoms with E-state index in [1.807, 2.05) is 54.8 Å². The van der Waals surface area contributed by atoms with Crippen molar-refractivity contribution in [3.8, 4) is 29.8 Å². The first kappa shape index (κ1) is 21.3. The molecule has 1 aromatic carbocycles. The number of aryl methyl sites for hydroxylation is 1. The molecule has 148 valence electrons. The first-order valence-electron chi connectivity index (χ1n) is 8.73. The Morgan fingerprint density at radius 3 is 2.55 bits per heavy atom. The van der Waals surface area contributed by atoms with Gasteiger partial charge in [0.05, 0.1) is 13.7 Å². The van der Waals surface area contributed by atoms with Crippen LogP contribution in [0.2, 0.25) is 0 Å². The summed E-state index contributed by atoms with van der Waals surface area (Å²) in [5.74, 6) is 1.58. The van der Waals surface area contributed by atoms with Gasteiger partial charge in [0.15, 0.2) is 6.61 Å². The molecule has 0 radical (unpaired) electrons. The molecule has 0 atom stereocenters. The van der Waals surface area contributed by atoms with E-state index in [0.717, 1.165) is 22.8 Å². The van der Waals surface area contributed by atoms with Crippen molar-refractivity contribution in [1.29, 1.82) is 5.26 Å². The third kappa shape index (κ3) is 5.27. The minimum atomic E-state index is -0.877. The molecular weight excluding hydrogens is 370 g/mol. The van der Waals surface area contributed by atoms with Gasteiger partial charge in [0.2, 0.25) is 0 Å². The summed E-state index contributed by atoms with van der Waals surface area (Å²) in [6.07, 6.45) is 6.49. The molecule has 1 amide bonds. The number of esters is 1. The van der Waals surface area contributed by atoms with Gasteiger partial charge in [-0.05, 0) is 55.8 Å². The average Bonchev–Trinajstić information content (AvgIpc) is 3.01. The van der Waals surface area contributed by atoms with Crippen LogP contribution in [0.3, 0.4) is 0 Å². The van der Waals surface area contributed by atoms with E-state index in [-0.39, 0.29) is 12.1 Å². The number of nitrogens with zero attached hydrogens (tertiary/aromatic N) is 2. The predicted octanol–water partition coefficient (Wildman–Crippen LogP) is 2.30. The van der Waals surface area contributed by atoms with Gasteiger partial charge < -0.3 is 19.4 Å². The third-order valence-electron chi connectivity index (χ3n) is 4.16. The normalized spacial score (nSPS) is 10.6. The second-order valence-corrected chi connectivity index (χ2v) is 6.09. The van der Waals surface area contributed by atoms with Crippen LogP contribution in [-0.2, 0) is 14.3 Å². The summed E-state index contributed by atoms with van der Waals surface area (Å²) in [5, 5.41) is 11.7. The molecule has 2 rings (SSSR count). The van der Waals surface area contributed by atoms with Crippen molar-refractivity contribution >= 4 is 18.0 Å². The molecule has 0 aliphatic rings. The third-order valence-corrected chi connectivity index (χ3v) is 4.16. The quantitative estimate of drug-likeness (QED) is 0.338. The van der Waals surface area contributed by atoms with E-state index in [1.54, 1.807) is 7.11 Å². The van der Waals surface area contributed by atoms with Crippen LogP contribution in [0, 0.1) is 37.5 Å². The maximum Gasteiger partial charge on any atom is 0.349 e. The molecule has 0 aliphatic carbocycles. The maximum absolute atomic E-state index is 12.1. The fourth-order valence-electron chi connectivity index (χ4n) is 2.76. The van der Waals surface area contributed by atoms with Gasteiger partial charge in [-0.1, -0.05) is 5.92 Å². The monoisotopic (exact) mass is 391 g/mol. The summed E-state index contributed by atoms with van der Waals surface area (Å²) in [6.45, 7) is 3.34. The van der Waals surface area contributed by atoms with Crippen molar-refractivity contribution in [2.45, 2.75) is 13.8 Å². The van der Waals surface area contributed by atoms with Crippen molar-refractivity contribution in [2.24, 2.45) is 0 Å². The molecule has 0 saturated heterocycles. The molecule has 1 N–H and O–H groups in total. The van der Waals surface area contributed by atoms with Crippen LogP contribution in [-0.4, -0.2) is 36.7 Å². The van der Waals surface area contributed by atoms with Gasteiger partial charge in [-0.15, -0.1) is 6.42 Å². The number of ether oxygens (including phenoxy) is 2. The molecule has 2 aromatic rings. The second-order valence-electron chi connectivity index (χ2n) is 6.09. The Labute approximate surface area is 169 Å². The van der Waals surface area contributed by atoms with Crippen LogP contribution in [0.5, 0.6) is 5.75 Å². The number of carbonyl (C=O) groups excluding carboxylic acids is 2. The number of nitriles is 1. The van der Waals surface area contributed by atoms with Crippen molar-refractivity contribution < 1.29 is 19.1 Å². The van der Waals surface area contributed by atoms with Crippen LogP contribution < -0.4 is 10.1 Å². The molecule has 0 unspecified atom stereocenters. The van der Waals surface area contributed by atoms with Crippen molar-refractivity contribution in [3.05, 3.63) is 52.9 Å².